The monoisotopic (exact) mass is 315 g/mol. The van der Waals surface area contributed by atoms with Crippen molar-refractivity contribution in [1.82, 2.24) is 0 Å². The van der Waals surface area contributed by atoms with E-state index in [4.69, 9.17) is 21.4 Å². The Labute approximate surface area is 118 Å². The second-order valence-electron chi connectivity index (χ2n) is 3.61. The maximum Gasteiger partial charge on any atom is 0.363 e. The predicted octanol–water partition coefficient (Wildman–Crippen LogP) is 0.998. The number of benzene rings is 1. The summed E-state index contributed by atoms with van der Waals surface area (Å²) in [6.45, 7) is 0. The standard InChI is InChI=1S/C11H6ClNO6S/c12-6-1-3-7(4-2-6)19-11(16)8-5-9(10(14)15)20(17,18)13-8/h1-5H,(H,14,15). The second kappa shape index (κ2) is 5.06. The molecule has 7 nitrogen and oxygen atoms in total. The number of carbonyl (C=O) groups is 2. The summed E-state index contributed by atoms with van der Waals surface area (Å²) in [7, 11) is -4.35. The van der Waals surface area contributed by atoms with Gasteiger partial charge in [-0.25, -0.2) is 9.59 Å². The Bertz CT molecular complexity index is 748. The van der Waals surface area contributed by atoms with Crippen molar-refractivity contribution in [2.45, 2.75) is 0 Å². The summed E-state index contributed by atoms with van der Waals surface area (Å²) >= 11 is 5.65. The lowest BCUT2D eigenvalue weighted by atomic mass is 10.3. The average Bonchev–Trinajstić information content (AvgIpc) is 2.68. The van der Waals surface area contributed by atoms with Crippen molar-refractivity contribution >= 4 is 39.3 Å². The number of halogens is 1. The van der Waals surface area contributed by atoms with Crippen LogP contribution in [0.3, 0.4) is 0 Å². The van der Waals surface area contributed by atoms with Crippen molar-refractivity contribution in [2.75, 3.05) is 0 Å². The quantitative estimate of drug-likeness (QED) is 0.658. The van der Waals surface area contributed by atoms with Crippen LogP contribution in [-0.4, -0.2) is 31.2 Å². The molecule has 1 aliphatic rings. The molecule has 0 saturated heterocycles. The third-order valence-corrected chi connectivity index (χ3v) is 3.75. The van der Waals surface area contributed by atoms with E-state index in [1.807, 2.05) is 0 Å². The van der Waals surface area contributed by atoms with Gasteiger partial charge in [0.05, 0.1) is 0 Å². The van der Waals surface area contributed by atoms with E-state index in [1.165, 1.54) is 24.3 Å². The molecule has 1 aliphatic heterocycles. The number of carbonyl (C=O) groups excluding carboxylic acids is 1. The predicted molar refractivity (Wildman–Crippen MR) is 69.2 cm³/mol. The van der Waals surface area contributed by atoms with Gasteiger partial charge in [0.2, 0.25) is 0 Å². The first kappa shape index (κ1) is 14.2. The first-order valence-corrected chi connectivity index (χ1v) is 6.89. The number of carboxylic acid groups (broad SMARTS) is 1. The van der Waals surface area contributed by atoms with Gasteiger partial charge < -0.3 is 9.84 Å². The van der Waals surface area contributed by atoms with Gasteiger partial charge in [0, 0.05) is 11.1 Å². The van der Waals surface area contributed by atoms with Crippen LogP contribution >= 0.6 is 11.6 Å². The first-order valence-electron chi connectivity index (χ1n) is 5.07. The summed E-state index contributed by atoms with van der Waals surface area (Å²) in [6, 6.07) is 5.73. The number of esters is 1. The number of hydrogen-bond donors (Lipinski definition) is 1. The highest BCUT2D eigenvalue weighted by molar-refractivity contribution is 7.95. The topological polar surface area (TPSA) is 110 Å². The number of carboxylic acids is 1. The smallest absolute Gasteiger partial charge is 0.363 e. The first-order chi connectivity index (χ1) is 9.29. The van der Waals surface area contributed by atoms with Gasteiger partial charge in [-0.05, 0) is 24.3 Å². The number of ether oxygens (including phenoxy) is 1. The van der Waals surface area contributed by atoms with Crippen LogP contribution < -0.4 is 4.74 Å². The van der Waals surface area contributed by atoms with Crippen LogP contribution in [0.25, 0.3) is 0 Å². The highest BCUT2D eigenvalue weighted by atomic mass is 35.5. The molecule has 0 amide bonds. The molecule has 0 unspecified atom stereocenters. The summed E-state index contributed by atoms with van der Waals surface area (Å²) in [6.07, 6.45) is 0.649. The van der Waals surface area contributed by atoms with Gasteiger partial charge in [0.1, 0.15) is 5.75 Å². The molecule has 0 saturated carbocycles. The highest BCUT2D eigenvalue weighted by Gasteiger charge is 2.33. The molecule has 0 atom stereocenters. The fourth-order valence-electron chi connectivity index (χ4n) is 1.33. The van der Waals surface area contributed by atoms with E-state index in [1.54, 1.807) is 0 Å². The summed E-state index contributed by atoms with van der Waals surface area (Å²) in [5, 5.41) is 9.11. The third kappa shape index (κ3) is 2.86. The van der Waals surface area contributed by atoms with E-state index in [2.05, 4.69) is 4.40 Å². The minimum Gasteiger partial charge on any atom is -0.477 e. The molecule has 0 spiro atoms. The zero-order chi connectivity index (χ0) is 14.9. The van der Waals surface area contributed by atoms with Crippen molar-refractivity contribution in [2.24, 2.45) is 4.40 Å². The van der Waals surface area contributed by atoms with E-state index >= 15 is 0 Å². The Hall–Kier alpha value is -2.19. The molecule has 0 bridgehead atoms. The van der Waals surface area contributed by atoms with Gasteiger partial charge in [0.15, 0.2) is 10.6 Å². The van der Waals surface area contributed by atoms with Crippen LogP contribution in [0, 0.1) is 0 Å². The van der Waals surface area contributed by atoms with Crippen LogP contribution in [0.5, 0.6) is 5.75 Å². The van der Waals surface area contributed by atoms with Crippen molar-refractivity contribution in [3.05, 3.63) is 40.3 Å². The molecule has 104 valence electrons. The SMILES string of the molecule is O=C(O)C1=CC(C(=O)Oc2ccc(Cl)cc2)=NS1(=O)=O. The van der Waals surface area contributed by atoms with Crippen LogP contribution in [0.1, 0.15) is 0 Å². The molecule has 0 radical (unpaired) electrons. The van der Waals surface area contributed by atoms with Gasteiger partial charge in [0.25, 0.3) is 10.0 Å². The lowest BCUT2D eigenvalue weighted by Crippen LogP contribution is -2.17. The minimum atomic E-state index is -4.35. The van der Waals surface area contributed by atoms with Gasteiger partial charge in [-0.2, -0.15) is 12.8 Å². The highest BCUT2D eigenvalue weighted by Crippen LogP contribution is 2.20. The largest absolute Gasteiger partial charge is 0.477 e. The number of aliphatic carboxylic acids is 1. The van der Waals surface area contributed by atoms with Gasteiger partial charge in [-0.15, -0.1) is 0 Å². The van der Waals surface area contributed by atoms with Gasteiger partial charge >= 0.3 is 11.9 Å². The number of sulfonamides is 1. The van der Waals surface area contributed by atoms with Crippen LogP contribution in [0.15, 0.2) is 39.6 Å². The Balaban J connectivity index is 2.23. The number of hydrogen-bond acceptors (Lipinski definition) is 5. The zero-order valence-corrected chi connectivity index (χ0v) is 11.2. The normalized spacial score (nSPS) is 16.2. The maximum atomic E-state index is 11.7. The molecule has 1 heterocycles. The molecule has 2 rings (SSSR count). The fraction of sp³-hybridized carbons (Fsp3) is 0. The summed E-state index contributed by atoms with van der Waals surface area (Å²) in [4.78, 5) is 21.4. The van der Waals surface area contributed by atoms with E-state index in [9.17, 15) is 18.0 Å². The molecule has 9 heteroatoms. The van der Waals surface area contributed by atoms with Crippen LogP contribution in [0.4, 0.5) is 0 Å². The Kier molecular flexibility index (Phi) is 3.60. The van der Waals surface area contributed by atoms with Crippen molar-refractivity contribution < 1.29 is 27.9 Å². The number of rotatable bonds is 3. The van der Waals surface area contributed by atoms with Crippen LogP contribution in [0.2, 0.25) is 5.02 Å². The Morgan fingerprint density at radius 1 is 1.20 bits per heavy atom. The minimum absolute atomic E-state index is 0.122. The van der Waals surface area contributed by atoms with E-state index in [-0.39, 0.29) is 5.75 Å². The molecule has 0 aromatic heterocycles. The molecular formula is C11H6ClNO6S. The molecular weight excluding hydrogens is 310 g/mol. The van der Waals surface area contributed by atoms with E-state index in [0.717, 1.165) is 0 Å². The van der Waals surface area contributed by atoms with Crippen LogP contribution in [-0.2, 0) is 19.6 Å². The summed E-state index contributed by atoms with van der Waals surface area (Å²) in [5.41, 5.74) is -0.600. The van der Waals surface area contributed by atoms with E-state index < -0.39 is 32.6 Å². The molecule has 1 aromatic carbocycles. The molecule has 0 aliphatic carbocycles. The van der Waals surface area contributed by atoms with Gasteiger partial charge in [-0.1, -0.05) is 11.6 Å². The van der Waals surface area contributed by atoms with E-state index in [0.29, 0.717) is 11.1 Å². The second-order valence-corrected chi connectivity index (χ2v) is 5.62. The maximum absolute atomic E-state index is 11.7. The summed E-state index contributed by atoms with van der Waals surface area (Å²) < 4.78 is 30.6. The van der Waals surface area contributed by atoms with Crippen molar-refractivity contribution in [3.63, 3.8) is 0 Å². The molecule has 0 fully saturated rings. The third-order valence-electron chi connectivity index (χ3n) is 2.21. The Morgan fingerprint density at radius 2 is 1.80 bits per heavy atom. The lowest BCUT2D eigenvalue weighted by Gasteiger charge is -2.01. The lowest BCUT2D eigenvalue weighted by molar-refractivity contribution is -0.131. The van der Waals surface area contributed by atoms with Crippen molar-refractivity contribution in [3.8, 4) is 5.75 Å². The molecule has 1 aromatic rings. The average molecular weight is 316 g/mol. The summed E-state index contributed by atoms with van der Waals surface area (Å²) in [5.74, 6) is -2.65. The fourth-order valence-corrected chi connectivity index (χ4v) is 2.43. The van der Waals surface area contributed by atoms with Gasteiger partial charge in [-0.3, -0.25) is 0 Å². The Morgan fingerprint density at radius 3 is 2.30 bits per heavy atom. The zero-order valence-electron chi connectivity index (χ0n) is 9.61. The number of nitrogens with zero attached hydrogens (tertiary/aromatic N) is 1. The molecule has 1 N–H and O–H groups in total. The molecule has 20 heavy (non-hydrogen) atoms. The van der Waals surface area contributed by atoms with Crippen molar-refractivity contribution in [1.29, 1.82) is 0 Å².